The topological polar surface area (TPSA) is 81.0 Å². The van der Waals surface area contributed by atoms with Crippen molar-refractivity contribution in [1.29, 1.82) is 0 Å². The molecule has 0 aliphatic rings. The molecule has 21 aromatic rings. The van der Waals surface area contributed by atoms with Crippen LogP contribution in [0.3, 0.4) is 0 Å². The summed E-state index contributed by atoms with van der Waals surface area (Å²) in [6.45, 7) is 27.0. The molecular weight excluding hydrogens is 2130 g/mol. The summed E-state index contributed by atoms with van der Waals surface area (Å²) in [5.74, 6) is 0. The van der Waals surface area contributed by atoms with E-state index in [1.54, 1.807) is 0 Å². The maximum Gasteiger partial charge on any atom is 3.00 e. The standard InChI is InChI=1S/2C43H37N2.C35H21N2.3Au/c1-42(2,3)33-20-21-40-35(25-33)36-26-34(43(4,5)6)27-37(41(36)45-40)39-19-13-18-38(44-39)32-23-30(28-14-9-7-10-15-28)22-31(24-32)29-16-11-8-12-17-29;1-42(2,3)33-21-17-28(18-22-33)30-25-31(29-19-23-34(24-20-29)43(4,5)6)27-32(26-30)38-15-10-16-40(44-38)37-13-9-12-36-35-11-7-8-14-39(35)45-41(36)37;1-3-11-24(12-4-1)26-21-27(25-13-5-2-6-14-25)23-28(22-26)32-19-10-20-34(36-32)31-17-9-16-30-29-15-7-8-18-33(29)37-35(30)31;;;/h7-16,18-23,25-27H,1-6H3;7-19,21-26H,1-6H3;1-13,15-22H;;;/q3*-3;3*+3. The van der Waals surface area contributed by atoms with Crippen molar-refractivity contribution < 1.29 is 67.1 Å². The van der Waals surface area contributed by atoms with Crippen LogP contribution in [0.2, 0.25) is 0 Å². The van der Waals surface area contributed by atoms with E-state index in [1.165, 1.54) is 49.4 Å². The second-order valence-electron chi connectivity index (χ2n) is 37.1. The van der Waals surface area contributed by atoms with Crippen LogP contribution in [0.1, 0.15) is 105 Å². The Labute approximate surface area is 810 Å². The van der Waals surface area contributed by atoms with Gasteiger partial charge in [-0.25, -0.2) is 16.7 Å². The Hall–Kier alpha value is -12.6. The van der Waals surface area contributed by atoms with Crippen LogP contribution in [0.15, 0.2) is 358 Å². The number of fused-ring (bicyclic) bond motifs is 9. The van der Waals surface area contributed by atoms with Crippen molar-refractivity contribution in [2.75, 3.05) is 0 Å². The predicted molar refractivity (Wildman–Crippen MR) is 531 cm³/mol. The molecule has 6 aromatic heterocycles. The summed E-state index contributed by atoms with van der Waals surface area (Å²) in [4.78, 5) is 30.8. The average molecular weight is 2220 g/mol. The van der Waals surface area contributed by atoms with Crippen molar-refractivity contribution >= 4 is 65.4 Å². The molecule has 0 bridgehead atoms. The second kappa shape index (κ2) is 37.8. The van der Waals surface area contributed by atoms with Crippen LogP contribution >= 0.6 is 0 Å². The Kier molecular flexibility index (Phi) is 26.4. The van der Waals surface area contributed by atoms with Gasteiger partial charge in [0.05, 0.1) is 17.1 Å². The summed E-state index contributed by atoms with van der Waals surface area (Å²) in [6.07, 6.45) is 0. The molecule has 0 aliphatic carbocycles. The van der Waals surface area contributed by atoms with E-state index in [1.807, 2.05) is 60.7 Å². The van der Waals surface area contributed by atoms with E-state index in [-0.39, 0.29) is 88.8 Å². The smallest absolute Gasteiger partial charge is 0.656 e. The molecule has 0 radical (unpaired) electrons. The molecule has 9 heteroatoms. The fraction of sp³-hybridized carbons (Fsp3) is 0.132. The van der Waals surface area contributed by atoms with E-state index < -0.39 is 0 Å². The summed E-state index contributed by atoms with van der Waals surface area (Å²) in [5, 5.41) is 7.03. The first-order chi connectivity index (χ1) is 61.4. The normalized spacial score (nSPS) is 11.7. The third-order valence-electron chi connectivity index (χ3n) is 24.1. The Morgan fingerprint density at radius 3 is 0.962 bits per heavy atom. The molecule has 0 unspecified atom stereocenters. The van der Waals surface area contributed by atoms with E-state index in [9.17, 15) is 0 Å². The maximum atomic E-state index is 5.30. The van der Waals surface area contributed by atoms with Gasteiger partial charge in [-0.2, -0.15) is 120 Å². The summed E-state index contributed by atoms with van der Waals surface area (Å²) >= 11 is 0. The number of benzene rings is 15. The van der Waals surface area contributed by atoms with Gasteiger partial charge in [-0.05, 0) is 122 Å². The molecule has 0 aliphatic heterocycles. The zero-order valence-electron chi connectivity index (χ0n) is 74.7. The number of para-hydroxylation sites is 4. The van der Waals surface area contributed by atoms with Crippen LogP contribution in [-0.2, 0) is 88.8 Å². The van der Waals surface area contributed by atoms with Crippen molar-refractivity contribution in [3.05, 3.63) is 417 Å². The van der Waals surface area contributed by atoms with Gasteiger partial charge in [0, 0.05) is 17.1 Å². The molecule has 0 spiro atoms. The van der Waals surface area contributed by atoms with Gasteiger partial charge in [0.25, 0.3) is 0 Å². The Balaban J connectivity index is 0.000000142. The summed E-state index contributed by atoms with van der Waals surface area (Å²) in [5.41, 5.74) is 35.5. The zero-order valence-corrected chi connectivity index (χ0v) is 81.2. The maximum absolute atomic E-state index is 5.30. The van der Waals surface area contributed by atoms with Gasteiger partial charge >= 0.3 is 67.1 Å². The van der Waals surface area contributed by atoms with E-state index in [4.69, 9.17) is 29.9 Å². The van der Waals surface area contributed by atoms with Gasteiger partial charge in [-0.1, -0.05) is 336 Å². The monoisotopic (exact) mass is 2220 g/mol. The fourth-order valence-electron chi connectivity index (χ4n) is 16.9. The van der Waals surface area contributed by atoms with Crippen LogP contribution in [-0.4, -0.2) is 15.0 Å². The van der Waals surface area contributed by atoms with Crippen LogP contribution < -0.4 is 15.0 Å². The van der Waals surface area contributed by atoms with E-state index >= 15 is 0 Å². The Bertz CT molecular complexity index is 7440. The summed E-state index contributed by atoms with van der Waals surface area (Å²) in [7, 11) is 0. The third kappa shape index (κ3) is 19.2. The van der Waals surface area contributed by atoms with Gasteiger partial charge in [-0.15, -0.1) is 91.8 Å². The third-order valence-corrected chi connectivity index (χ3v) is 24.1. The van der Waals surface area contributed by atoms with Gasteiger partial charge in [0.2, 0.25) is 0 Å². The molecule has 6 nitrogen and oxygen atoms in total. The molecular formula is C121H95Au3N6. The average Bonchev–Trinajstić information content (AvgIpc) is 1.62. The molecule has 0 fully saturated rings. The van der Waals surface area contributed by atoms with E-state index in [0.717, 1.165) is 173 Å². The first-order valence-electron chi connectivity index (χ1n) is 43.7. The number of rotatable bonds is 12. The molecule has 130 heavy (non-hydrogen) atoms. The van der Waals surface area contributed by atoms with Crippen molar-refractivity contribution in [2.45, 2.75) is 105 Å². The van der Waals surface area contributed by atoms with Gasteiger partial charge in [0.1, 0.15) is 0 Å². The molecule has 6 heterocycles. The van der Waals surface area contributed by atoms with Gasteiger partial charge < -0.3 is 15.0 Å². The molecule has 642 valence electrons. The van der Waals surface area contributed by atoms with Gasteiger partial charge in [0.15, 0.2) is 0 Å². The number of hydrogen-bond acceptors (Lipinski definition) is 3. The first-order valence-corrected chi connectivity index (χ1v) is 43.7. The quantitative estimate of drug-likeness (QED) is 0.0896. The van der Waals surface area contributed by atoms with Crippen molar-refractivity contribution in [1.82, 2.24) is 29.9 Å². The van der Waals surface area contributed by atoms with Crippen LogP contribution in [0, 0.1) is 36.4 Å². The van der Waals surface area contributed by atoms with Crippen molar-refractivity contribution in [2.24, 2.45) is 0 Å². The van der Waals surface area contributed by atoms with Crippen LogP contribution in [0.25, 0.3) is 200 Å². The minimum absolute atomic E-state index is 0. The number of hydrogen-bond donors (Lipinski definition) is 0. The SMILES string of the molecule is CC(C)(C)c1c[c-]c(-c2[c-]c(-c3cccc(-c4cccc5c4[n-]c4ccccc45)n3)cc(-c3ccc(C(C)(C)C)cc3)c2)cc1.CC(C)(C)c1ccc2[n-]c3c(-c4cccc(-c5[c-]c(-c6[c-]cccc6)cc(-c6ccccc6)c5)n4)cc(C(C)(C)C)cc3c2c1.[Au+3].[Au+3].[Au+3].[c-]1ccccc1-c1[c-]c(-c2cccc(-c3cccc4c3[n-]c3ccccc34)n2)cc(-c2ccccc2)c1. The minimum Gasteiger partial charge on any atom is -0.656 e. The molecule has 0 N–H and O–H groups in total. The number of nitrogens with zero attached hydrogens (tertiary/aromatic N) is 6. The predicted octanol–water partition coefficient (Wildman–Crippen LogP) is 31.0. The number of aromatic nitrogens is 6. The van der Waals surface area contributed by atoms with Crippen molar-refractivity contribution in [3.63, 3.8) is 0 Å². The van der Waals surface area contributed by atoms with Crippen LogP contribution in [0.4, 0.5) is 0 Å². The Morgan fingerprint density at radius 1 is 0.208 bits per heavy atom. The molecule has 0 amide bonds. The van der Waals surface area contributed by atoms with Crippen LogP contribution in [0.5, 0.6) is 0 Å². The molecule has 0 saturated heterocycles. The fourth-order valence-corrected chi connectivity index (χ4v) is 16.9. The summed E-state index contributed by atoms with van der Waals surface area (Å²) < 4.78 is 0. The van der Waals surface area contributed by atoms with E-state index in [0.29, 0.717) is 0 Å². The Morgan fingerprint density at radius 2 is 0.546 bits per heavy atom. The zero-order chi connectivity index (χ0) is 87.3. The largest absolute Gasteiger partial charge is 3.00 e. The second-order valence-corrected chi connectivity index (χ2v) is 37.1. The van der Waals surface area contributed by atoms with Gasteiger partial charge in [-0.3, -0.25) is 15.0 Å². The molecule has 21 rings (SSSR count). The minimum atomic E-state index is -0.0370. The van der Waals surface area contributed by atoms with E-state index in [2.05, 4.69) is 417 Å². The van der Waals surface area contributed by atoms with Crippen molar-refractivity contribution in [3.8, 4) is 134 Å². The number of pyridine rings is 3. The molecule has 0 saturated carbocycles. The summed E-state index contributed by atoms with van der Waals surface area (Å²) in [6, 6.07) is 146. The first kappa shape index (κ1) is 90.7. The molecule has 0 atom stereocenters. The molecule has 15 aromatic carbocycles.